The van der Waals surface area contributed by atoms with Gasteiger partial charge in [-0.05, 0) is 76.9 Å². The molecule has 238 valence electrons. The number of nitriles is 1. The maximum Gasteiger partial charge on any atom is 0.236 e. The van der Waals surface area contributed by atoms with Crippen molar-refractivity contribution in [2.24, 2.45) is 0 Å². The number of nitrogens with zero attached hydrogens (tertiary/aromatic N) is 5. The van der Waals surface area contributed by atoms with Crippen molar-refractivity contribution in [2.45, 2.75) is 0 Å². The lowest BCUT2D eigenvalue weighted by molar-refractivity contribution is 0.629. The monoisotopic (exact) mass is 655 g/mol. The lowest BCUT2D eigenvalue weighted by Gasteiger charge is -2.11. The molecule has 0 spiro atoms. The van der Waals surface area contributed by atoms with E-state index >= 15 is 0 Å². The molecule has 0 saturated heterocycles. The van der Waals surface area contributed by atoms with Gasteiger partial charge in [-0.2, -0.15) is 5.26 Å². The van der Waals surface area contributed by atoms with Crippen molar-refractivity contribution in [3.8, 4) is 40.0 Å². The molecule has 0 unspecified atom stereocenters. The molecule has 0 bridgehead atoms. The van der Waals surface area contributed by atoms with E-state index in [1.807, 2.05) is 28.8 Å². The van der Waals surface area contributed by atoms with Gasteiger partial charge in [0, 0.05) is 38.7 Å². The Bertz CT molecular complexity index is 3040. The third kappa shape index (κ3) is 4.53. The molecule has 10 rings (SSSR count). The van der Waals surface area contributed by atoms with Crippen LogP contribution in [0.3, 0.4) is 0 Å². The van der Waals surface area contributed by atoms with Crippen LogP contribution < -0.4 is 0 Å². The zero-order chi connectivity index (χ0) is 34.1. The molecule has 0 N–H and O–H groups in total. The van der Waals surface area contributed by atoms with Crippen LogP contribution in [-0.4, -0.2) is 19.1 Å². The van der Waals surface area contributed by atoms with Gasteiger partial charge in [0.05, 0.1) is 27.6 Å². The van der Waals surface area contributed by atoms with E-state index in [1.54, 1.807) is 6.07 Å². The summed E-state index contributed by atoms with van der Waals surface area (Å²) in [6, 6.07) is 55.4. The van der Waals surface area contributed by atoms with Gasteiger partial charge in [-0.15, -0.1) is 0 Å². The van der Waals surface area contributed by atoms with E-state index < -0.39 is 5.82 Å². The van der Waals surface area contributed by atoms with Crippen LogP contribution in [0.4, 0.5) is 4.39 Å². The van der Waals surface area contributed by atoms with Crippen LogP contribution in [0.15, 0.2) is 158 Å². The lowest BCUT2D eigenvalue weighted by atomic mass is 10.0. The van der Waals surface area contributed by atoms with E-state index in [0.29, 0.717) is 16.9 Å². The average Bonchev–Trinajstić information content (AvgIpc) is 3.70. The highest BCUT2D eigenvalue weighted by atomic mass is 19.1. The first kappa shape index (κ1) is 28.9. The van der Waals surface area contributed by atoms with Gasteiger partial charge in [0.15, 0.2) is 5.69 Å². The second-order valence-electron chi connectivity index (χ2n) is 12.7. The van der Waals surface area contributed by atoms with Gasteiger partial charge in [0.25, 0.3) is 0 Å². The lowest BCUT2D eigenvalue weighted by Crippen LogP contribution is -2.03. The third-order valence-electron chi connectivity index (χ3n) is 9.87. The summed E-state index contributed by atoms with van der Waals surface area (Å²) in [4.78, 5) is 9.40. The zero-order valence-electron chi connectivity index (χ0n) is 27.1. The Balaban J connectivity index is 1.15. The van der Waals surface area contributed by atoms with Crippen LogP contribution in [0.2, 0.25) is 0 Å². The fraction of sp³-hybridized carbons (Fsp3) is 0. The predicted octanol–water partition coefficient (Wildman–Crippen LogP) is 11.2. The summed E-state index contributed by atoms with van der Waals surface area (Å²) in [5.41, 5.74) is 10.3. The molecule has 3 aromatic heterocycles. The molecular weight excluding hydrogens is 630 g/mol. The van der Waals surface area contributed by atoms with Crippen LogP contribution in [0, 0.1) is 17.1 Å². The van der Waals surface area contributed by atoms with Crippen LogP contribution in [0.5, 0.6) is 0 Å². The molecule has 0 fully saturated rings. The largest absolute Gasteiger partial charge is 0.309 e. The number of hydrogen-bond donors (Lipinski definition) is 0. The van der Waals surface area contributed by atoms with Gasteiger partial charge in [-0.3, -0.25) is 4.57 Å². The Morgan fingerprint density at radius 3 is 1.82 bits per heavy atom. The molecule has 0 aliphatic rings. The van der Waals surface area contributed by atoms with Crippen molar-refractivity contribution >= 4 is 54.5 Å². The predicted molar refractivity (Wildman–Crippen MR) is 204 cm³/mol. The van der Waals surface area contributed by atoms with E-state index in [0.717, 1.165) is 49.7 Å². The van der Waals surface area contributed by atoms with Crippen molar-refractivity contribution < 1.29 is 4.39 Å². The molecule has 3 heterocycles. The molecule has 0 aliphatic heterocycles. The smallest absolute Gasteiger partial charge is 0.236 e. The molecule has 10 aromatic rings. The Hall–Kier alpha value is -7.10. The third-order valence-corrected chi connectivity index (χ3v) is 9.87. The summed E-state index contributed by atoms with van der Waals surface area (Å²) in [5, 5.41) is 14.9. The average molecular weight is 656 g/mol. The quantitative estimate of drug-likeness (QED) is 0.190. The molecule has 6 heteroatoms. The van der Waals surface area contributed by atoms with Crippen molar-refractivity contribution in [1.82, 2.24) is 19.1 Å². The van der Waals surface area contributed by atoms with Crippen LogP contribution >= 0.6 is 0 Å². The van der Waals surface area contributed by atoms with Crippen LogP contribution in [0.1, 0.15) is 5.69 Å². The highest BCUT2D eigenvalue weighted by molar-refractivity contribution is 6.12. The second kappa shape index (κ2) is 11.2. The van der Waals surface area contributed by atoms with Gasteiger partial charge in [0.2, 0.25) is 5.95 Å². The molecule has 0 atom stereocenters. The summed E-state index contributed by atoms with van der Waals surface area (Å²) < 4.78 is 18.6. The molecule has 5 nitrogen and oxygen atoms in total. The summed E-state index contributed by atoms with van der Waals surface area (Å²) >= 11 is 0. The van der Waals surface area contributed by atoms with Crippen molar-refractivity contribution in [2.75, 3.05) is 0 Å². The molecule has 51 heavy (non-hydrogen) atoms. The number of benzene rings is 7. The molecule has 0 saturated carbocycles. The van der Waals surface area contributed by atoms with Gasteiger partial charge in [0.1, 0.15) is 11.9 Å². The van der Waals surface area contributed by atoms with E-state index in [1.165, 1.54) is 34.0 Å². The highest BCUT2D eigenvalue weighted by Crippen LogP contribution is 2.38. The summed E-state index contributed by atoms with van der Waals surface area (Å²) in [6.07, 6.45) is 0. The van der Waals surface area contributed by atoms with Crippen LogP contribution in [0.25, 0.3) is 88.4 Å². The fourth-order valence-corrected chi connectivity index (χ4v) is 7.51. The first-order chi connectivity index (χ1) is 25.1. The molecule has 0 aliphatic carbocycles. The first-order valence-corrected chi connectivity index (χ1v) is 16.7. The summed E-state index contributed by atoms with van der Waals surface area (Å²) in [7, 11) is 0. The minimum Gasteiger partial charge on any atom is -0.309 e. The van der Waals surface area contributed by atoms with E-state index in [2.05, 4.69) is 131 Å². The SMILES string of the molecule is N#Cc1nc(-n2c3ccccc3c3cc(-c4ccc5c6ccccc6n(-c6ccc(-c7ccccc7)cc6)c5c4)ccc32)nc2cc(F)ccc12. The number of hydrogen-bond acceptors (Lipinski definition) is 3. The normalized spacial score (nSPS) is 11.6. The minimum absolute atomic E-state index is 0.205. The summed E-state index contributed by atoms with van der Waals surface area (Å²) in [5.74, 6) is -0.0871. The number of rotatable bonds is 4. The maximum atomic E-state index is 14.3. The number of para-hydroxylation sites is 2. The fourth-order valence-electron chi connectivity index (χ4n) is 7.51. The first-order valence-electron chi connectivity index (χ1n) is 16.7. The van der Waals surface area contributed by atoms with Gasteiger partial charge >= 0.3 is 0 Å². The molecule has 7 aromatic carbocycles. The number of aromatic nitrogens is 4. The Morgan fingerprint density at radius 2 is 1.04 bits per heavy atom. The molecule has 0 amide bonds. The van der Waals surface area contributed by atoms with Gasteiger partial charge in [-0.25, -0.2) is 14.4 Å². The van der Waals surface area contributed by atoms with Gasteiger partial charge < -0.3 is 4.57 Å². The second-order valence-corrected chi connectivity index (χ2v) is 12.7. The Morgan fingerprint density at radius 1 is 0.451 bits per heavy atom. The topological polar surface area (TPSA) is 59.4 Å². The standard InChI is InChI=1S/C45H26FN5/c46-32-18-22-37-39(26-32)48-45(49-40(37)27-47)51-42-13-7-5-11-35(42)38-24-30(17-23-43(38)51)31-16-21-36-34-10-4-6-12-41(34)50(44(36)25-31)33-19-14-29(15-20-33)28-8-2-1-3-9-28/h1-26H. The van der Waals surface area contributed by atoms with Crippen molar-refractivity contribution in [1.29, 1.82) is 5.26 Å². The summed E-state index contributed by atoms with van der Waals surface area (Å²) in [6.45, 7) is 0. The Labute approximate surface area is 291 Å². The maximum absolute atomic E-state index is 14.3. The van der Waals surface area contributed by atoms with E-state index in [9.17, 15) is 9.65 Å². The zero-order valence-corrected chi connectivity index (χ0v) is 27.1. The number of halogens is 1. The van der Waals surface area contributed by atoms with Crippen molar-refractivity contribution in [3.63, 3.8) is 0 Å². The van der Waals surface area contributed by atoms with E-state index in [-0.39, 0.29) is 5.69 Å². The Kier molecular flexibility index (Phi) is 6.36. The highest BCUT2D eigenvalue weighted by Gasteiger charge is 2.18. The molecular formula is C45H26FN5. The van der Waals surface area contributed by atoms with Crippen LogP contribution in [-0.2, 0) is 0 Å². The number of fused-ring (bicyclic) bond motifs is 7. The van der Waals surface area contributed by atoms with Gasteiger partial charge in [-0.1, -0.05) is 97.1 Å². The minimum atomic E-state index is -0.414. The molecule has 0 radical (unpaired) electrons. The van der Waals surface area contributed by atoms with E-state index in [4.69, 9.17) is 4.98 Å². The van der Waals surface area contributed by atoms with Crippen molar-refractivity contribution in [3.05, 3.63) is 169 Å².